The zero-order valence-electron chi connectivity index (χ0n) is 21.2. The maximum absolute atomic E-state index is 14.9. The van der Waals surface area contributed by atoms with Crippen LogP contribution in [0.1, 0.15) is 25.7 Å². The minimum absolute atomic E-state index is 0.0379. The molecule has 2 atom stereocenters. The highest BCUT2D eigenvalue weighted by molar-refractivity contribution is 5.75. The Balaban J connectivity index is 1.25. The highest BCUT2D eigenvalue weighted by atomic mass is 19.1. The molecule has 3 aromatic rings. The Bertz CT molecular complexity index is 1400. The Morgan fingerprint density at radius 3 is 2.28 bits per heavy atom. The summed E-state index contributed by atoms with van der Waals surface area (Å²) in [5.41, 5.74) is 8.30. The second kappa shape index (κ2) is 9.94. The molecular formula is C28H29F3N6O2. The van der Waals surface area contributed by atoms with Crippen molar-refractivity contribution in [3.63, 3.8) is 0 Å². The predicted molar refractivity (Wildman–Crippen MR) is 142 cm³/mol. The Morgan fingerprint density at radius 1 is 0.872 bits per heavy atom. The highest BCUT2D eigenvalue weighted by Gasteiger charge is 2.41. The Hall–Kier alpha value is -4.02. The van der Waals surface area contributed by atoms with E-state index in [1.165, 1.54) is 6.07 Å². The molecule has 3 fully saturated rings. The summed E-state index contributed by atoms with van der Waals surface area (Å²) in [6.45, 7) is 2.53. The molecule has 204 valence electrons. The number of aromatic hydroxyl groups is 1. The number of halogens is 3. The van der Waals surface area contributed by atoms with Crippen LogP contribution in [0.25, 0.3) is 11.3 Å². The van der Waals surface area contributed by atoms with Crippen LogP contribution >= 0.6 is 0 Å². The predicted octanol–water partition coefficient (Wildman–Crippen LogP) is 4.12. The maximum Gasteiger partial charge on any atom is 0.169 e. The van der Waals surface area contributed by atoms with Crippen LogP contribution in [-0.4, -0.2) is 59.9 Å². The number of hydrogen-bond donors (Lipinski definition) is 2. The number of carbonyl (C=O) groups is 1. The number of hydrogen-bond acceptors (Lipinski definition) is 8. The molecule has 0 amide bonds. The number of nitrogen functional groups attached to an aromatic ring is 1. The van der Waals surface area contributed by atoms with Gasteiger partial charge in [-0.15, -0.1) is 10.2 Å². The maximum atomic E-state index is 14.9. The van der Waals surface area contributed by atoms with E-state index in [4.69, 9.17) is 5.73 Å². The zero-order chi connectivity index (χ0) is 27.3. The molecular weight excluding hydrogens is 509 g/mol. The number of anilines is 4. The van der Waals surface area contributed by atoms with Gasteiger partial charge in [0.25, 0.3) is 0 Å². The van der Waals surface area contributed by atoms with Crippen LogP contribution in [-0.2, 0) is 4.79 Å². The van der Waals surface area contributed by atoms with E-state index in [-0.39, 0.29) is 40.9 Å². The molecule has 3 N–H and O–H groups in total. The molecule has 4 heterocycles. The number of carbonyl (C=O) groups excluding carboxylic acids is 1. The first-order valence-corrected chi connectivity index (χ1v) is 13.2. The summed E-state index contributed by atoms with van der Waals surface area (Å²) in [4.78, 5) is 17.6. The molecule has 0 spiro atoms. The molecule has 0 saturated carbocycles. The third-order valence-corrected chi connectivity index (χ3v) is 8.23. The lowest BCUT2D eigenvalue weighted by atomic mass is 9.98. The summed E-state index contributed by atoms with van der Waals surface area (Å²) in [7, 11) is 0. The molecule has 6 rings (SSSR count). The summed E-state index contributed by atoms with van der Waals surface area (Å²) >= 11 is 0. The molecule has 1 aromatic heterocycles. The fraction of sp³-hybridized carbons (Fsp3) is 0.393. The second-order valence-corrected chi connectivity index (χ2v) is 10.6. The number of benzene rings is 2. The molecule has 3 aliphatic heterocycles. The molecule has 39 heavy (non-hydrogen) atoms. The van der Waals surface area contributed by atoms with Gasteiger partial charge in [-0.3, -0.25) is 0 Å². The number of aromatic nitrogens is 2. The number of phenols is 1. The van der Waals surface area contributed by atoms with Crippen molar-refractivity contribution in [3.05, 3.63) is 53.8 Å². The van der Waals surface area contributed by atoms with Gasteiger partial charge in [0.2, 0.25) is 0 Å². The highest BCUT2D eigenvalue weighted by Crippen LogP contribution is 2.41. The summed E-state index contributed by atoms with van der Waals surface area (Å²) in [6, 6.07) is 8.75. The van der Waals surface area contributed by atoms with Gasteiger partial charge in [0, 0.05) is 61.5 Å². The van der Waals surface area contributed by atoms with Crippen molar-refractivity contribution >= 4 is 29.2 Å². The minimum atomic E-state index is -1.08. The Kier molecular flexibility index (Phi) is 6.44. The molecule has 8 nitrogen and oxygen atoms in total. The van der Waals surface area contributed by atoms with Crippen LogP contribution in [0.2, 0.25) is 0 Å². The lowest BCUT2D eigenvalue weighted by molar-refractivity contribution is -0.111. The van der Waals surface area contributed by atoms with Gasteiger partial charge in [0.05, 0.1) is 17.1 Å². The van der Waals surface area contributed by atoms with E-state index in [0.29, 0.717) is 43.6 Å². The molecule has 0 aliphatic carbocycles. The van der Waals surface area contributed by atoms with Crippen molar-refractivity contribution in [2.24, 2.45) is 5.92 Å². The topological polar surface area (TPSA) is 98.8 Å². The van der Waals surface area contributed by atoms with E-state index < -0.39 is 17.4 Å². The number of fused-ring (bicyclic) bond motifs is 2. The van der Waals surface area contributed by atoms with Gasteiger partial charge >= 0.3 is 0 Å². The van der Waals surface area contributed by atoms with Crippen molar-refractivity contribution < 1.29 is 23.1 Å². The van der Waals surface area contributed by atoms with Gasteiger partial charge in [0.1, 0.15) is 17.9 Å². The van der Waals surface area contributed by atoms with Crippen LogP contribution < -0.4 is 20.4 Å². The van der Waals surface area contributed by atoms with Crippen molar-refractivity contribution in [1.82, 2.24) is 10.2 Å². The number of nitrogens with two attached hydrogens (primary N) is 1. The minimum Gasteiger partial charge on any atom is -0.504 e. The first kappa shape index (κ1) is 25.3. The van der Waals surface area contributed by atoms with E-state index in [0.717, 1.165) is 43.7 Å². The lowest BCUT2D eigenvalue weighted by Crippen LogP contribution is -2.54. The van der Waals surface area contributed by atoms with Crippen LogP contribution in [0.3, 0.4) is 0 Å². The third kappa shape index (κ3) is 4.59. The average Bonchev–Trinajstić information content (AvgIpc) is 3.20. The monoisotopic (exact) mass is 538 g/mol. The molecule has 2 unspecified atom stereocenters. The normalized spacial score (nSPS) is 21.5. The van der Waals surface area contributed by atoms with Crippen LogP contribution in [0.5, 0.6) is 5.75 Å². The molecule has 2 aromatic carbocycles. The summed E-state index contributed by atoms with van der Waals surface area (Å²) in [6.07, 6.45) is 4.33. The lowest BCUT2D eigenvalue weighted by Gasteiger charge is -2.44. The zero-order valence-corrected chi connectivity index (χ0v) is 21.2. The molecule has 11 heteroatoms. The number of rotatable bonds is 5. The van der Waals surface area contributed by atoms with Crippen molar-refractivity contribution in [3.8, 4) is 17.0 Å². The van der Waals surface area contributed by atoms with Crippen LogP contribution in [0, 0.1) is 23.4 Å². The summed E-state index contributed by atoms with van der Waals surface area (Å²) in [5, 5.41) is 18.1. The van der Waals surface area contributed by atoms with Gasteiger partial charge in [-0.25, -0.2) is 13.2 Å². The number of nitrogens with zero attached hydrogens (tertiary/aromatic N) is 5. The molecule has 3 saturated heterocycles. The van der Waals surface area contributed by atoms with Gasteiger partial charge in [-0.05, 0) is 56.0 Å². The van der Waals surface area contributed by atoms with Gasteiger partial charge in [-0.2, -0.15) is 0 Å². The van der Waals surface area contributed by atoms with Crippen LogP contribution in [0.4, 0.5) is 36.1 Å². The largest absolute Gasteiger partial charge is 0.504 e. The van der Waals surface area contributed by atoms with E-state index in [2.05, 4.69) is 20.0 Å². The molecule has 0 radical (unpaired) electrons. The van der Waals surface area contributed by atoms with E-state index in [9.17, 15) is 23.1 Å². The van der Waals surface area contributed by atoms with Crippen molar-refractivity contribution in [1.29, 1.82) is 0 Å². The third-order valence-electron chi connectivity index (χ3n) is 8.23. The first-order chi connectivity index (χ1) is 18.8. The Labute approximate surface area is 223 Å². The fourth-order valence-corrected chi connectivity index (χ4v) is 6.24. The first-order valence-electron chi connectivity index (χ1n) is 13.2. The summed E-state index contributed by atoms with van der Waals surface area (Å²) < 4.78 is 42.7. The Morgan fingerprint density at radius 2 is 1.59 bits per heavy atom. The van der Waals surface area contributed by atoms with E-state index in [1.54, 1.807) is 6.07 Å². The van der Waals surface area contributed by atoms with Crippen molar-refractivity contribution in [2.75, 3.05) is 46.6 Å². The standard InChI is InChI=1S/C28H29F3N6O2/c29-17-9-21(27(39)23(31)10-17)24-12-26(28(32)34-33-24)36-13-19-1-2-20(14-36)37(19)18-3-4-22(30)25(11-18)35-7-5-16(15-38)6-8-35/h3-4,9-12,15-16,19-20,39H,1-2,5-8,13-14H2,(H2,32,34). The van der Waals surface area contributed by atoms with Crippen LogP contribution in [0.15, 0.2) is 36.4 Å². The SMILES string of the molecule is Nc1nnc(-c2cc(F)cc(F)c2O)cc1N1CC2CCC(C1)N2c1ccc(F)c(N2CCC(C=O)CC2)c1. The molecule has 3 aliphatic rings. The summed E-state index contributed by atoms with van der Waals surface area (Å²) in [5.74, 6) is -2.66. The number of piperidine rings is 1. The van der Waals surface area contributed by atoms with E-state index >= 15 is 0 Å². The van der Waals surface area contributed by atoms with Crippen molar-refractivity contribution in [2.45, 2.75) is 37.8 Å². The van der Waals surface area contributed by atoms with Gasteiger partial charge in [0.15, 0.2) is 17.4 Å². The van der Waals surface area contributed by atoms with E-state index in [1.807, 2.05) is 17.0 Å². The molecule has 2 bridgehead atoms. The quantitative estimate of drug-likeness (QED) is 0.468. The average molecular weight is 539 g/mol. The van der Waals surface area contributed by atoms with Gasteiger partial charge in [-0.1, -0.05) is 0 Å². The number of phenolic OH excluding ortho intramolecular Hbond substituents is 1. The number of piperazine rings is 1. The number of aldehydes is 1. The van der Waals surface area contributed by atoms with Gasteiger partial charge < -0.3 is 30.3 Å². The second-order valence-electron chi connectivity index (χ2n) is 10.6. The fourth-order valence-electron chi connectivity index (χ4n) is 6.24. The smallest absolute Gasteiger partial charge is 0.169 e.